The number of hydrogen-bond donors (Lipinski definition) is 3. The molecule has 0 unspecified atom stereocenters. The molecular weight excluding hydrogens is 374 g/mol. The normalized spacial score (nSPS) is 10.3. The molecule has 2 rings (SSSR count). The van der Waals surface area contributed by atoms with Gasteiger partial charge in [0.25, 0.3) is 5.91 Å². The fourth-order valence-corrected chi connectivity index (χ4v) is 2.72. The van der Waals surface area contributed by atoms with Crippen LogP contribution in [0, 0.1) is 5.92 Å². The van der Waals surface area contributed by atoms with Crippen molar-refractivity contribution in [1.82, 2.24) is 5.32 Å². The number of benzene rings is 2. The number of carbonyl (C=O) groups excluding carboxylic acids is 2. The van der Waals surface area contributed by atoms with E-state index in [1.807, 2.05) is 20.8 Å². The molecule has 0 bridgehead atoms. The van der Waals surface area contributed by atoms with Gasteiger partial charge in [-0.15, -0.1) is 0 Å². The number of anilines is 2. The maximum atomic E-state index is 12.7. The summed E-state index contributed by atoms with van der Waals surface area (Å²) < 4.78 is 5.40. The first-order valence-corrected chi connectivity index (χ1v) is 9.54. The molecule has 0 fully saturated rings. The summed E-state index contributed by atoms with van der Waals surface area (Å²) in [5, 5.41) is 8.56. The van der Waals surface area contributed by atoms with E-state index in [0.29, 0.717) is 30.0 Å². The van der Waals surface area contributed by atoms with Crippen LogP contribution in [0.1, 0.15) is 37.6 Å². The van der Waals surface area contributed by atoms with Crippen LogP contribution in [0.25, 0.3) is 0 Å². The Morgan fingerprint density at radius 1 is 1.04 bits per heavy atom. The number of amides is 2. The van der Waals surface area contributed by atoms with E-state index in [9.17, 15) is 9.59 Å². The molecule has 0 saturated heterocycles. The van der Waals surface area contributed by atoms with Gasteiger partial charge in [0.1, 0.15) is 5.75 Å². The van der Waals surface area contributed by atoms with Crippen molar-refractivity contribution in [3.05, 3.63) is 54.1 Å². The monoisotopic (exact) mass is 399 g/mol. The summed E-state index contributed by atoms with van der Waals surface area (Å²) in [7, 11) is 0. The molecule has 6 nitrogen and oxygen atoms in total. The van der Waals surface area contributed by atoms with Crippen molar-refractivity contribution in [3.8, 4) is 5.75 Å². The molecule has 7 heteroatoms. The zero-order chi connectivity index (χ0) is 20.5. The number of para-hydroxylation sites is 1. The molecule has 0 heterocycles. The first kappa shape index (κ1) is 21.4. The van der Waals surface area contributed by atoms with E-state index in [1.165, 1.54) is 0 Å². The summed E-state index contributed by atoms with van der Waals surface area (Å²) in [5.74, 6) is 0.521. The summed E-state index contributed by atoms with van der Waals surface area (Å²) in [5.41, 5.74) is 1.58. The highest BCUT2D eigenvalue weighted by molar-refractivity contribution is 7.80. The number of ether oxygens (including phenoxy) is 1. The SMILES string of the molecule is CCOc1ccc(NC(=O)c2ccccc2NC(=S)NC(=O)CC(C)C)cc1. The van der Waals surface area contributed by atoms with Crippen LogP contribution >= 0.6 is 12.2 Å². The molecule has 2 aromatic rings. The van der Waals surface area contributed by atoms with Crippen LogP contribution in [0.4, 0.5) is 11.4 Å². The molecular formula is C21H25N3O3S. The molecule has 2 aromatic carbocycles. The van der Waals surface area contributed by atoms with Gasteiger partial charge in [-0.2, -0.15) is 0 Å². The third kappa shape index (κ3) is 6.66. The van der Waals surface area contributed by atoms with Crippen LogP contribution < -0.4 is 20.7 Å². The number of thiocarbonyl (C=S) groups is 1. The highest BCUT2D eigenvalue weighted by Crippen LogP contribution is 2.19. The van der Waals surface area contributed by atoms with Gasteiger partial charge in [-0.25, -0.2) is 0 Å². The lowest BCUT2D eigenvalue weighted by atomic mass is 10.1. The summed E-state index contributed by atoms with van der Waals surface area (Å²) >= 11 is 5.19. The third-order valence-electron chi connectivity index (χ3n) is 3.69. The van der Waals surface area contributed by atoms with Crippen molar-refractivity contribution >= 4 is 40.5 Å². The third-order valence-corrected chi connectivity index (χ3v) is 3.89. The van der Waals surface area contributed by atoms with Gasteiger partial charge in [0.2, 0.25) is 5.91 Å². The van der Waals surface area contributed by atoms with E-state index >= 15 is 0 Å². The van der Waals surface area contributed by atoms with Crippen LogP contribution in [0.2, 0.25) is 0 Å². The van der Waals surface area contributed by atoms with Gasteiger partial charge in [0, 0.05) is 12.1 Å². The average Bonchev–Trinajstić information content (AvgIpc) is 2.63. The van der Waals surface area contributed by atoms with Crippen LogP contribution in [0.3, 0.4) is 0 Å². The number of rotatable bonds is 7. The van der Waals surface area contributed by atoms with Crippen LogP contribution in [0.5, 0.6) is 5.75 Å². The van der Waals surface area contributed by atoms with Gasteiger partial charge in [-0.3, -0.25) is 9.59 Å². The number of nitrogens with one attached hydrogen (secondary N) is 3. The molecule has 0 radical (unpaired) electrons. The Balaban J connectivity index is 2.04. The summed E-state index contributed by atoms with van der Waals surface area (Å²) in [6.07, 6.45) is 0.377. The molecule has 0 spiro atoms. The van der Waals surface area contributed by atoms with Crippen molar-refractivity contribution in [1.29, 1.82) is 0 Å². The molecule has 3 N–H and O–H groups in total. The Bertz CT molecular complexity index is 835. The number of hydrogen-bond acceptors (Lipinski definition) is 4. The van der Waals surface area contributed by atoms with E-state index in [-0.39, 0.29) is 22.8 Å². The van der Waals surface area contributed by atoms with Crippen LogP contribution in [0.15, 0.2) is 48.5 Å². The predicted molar refractivity (Wildman–Crippen MR) is 116 cm³/mol. The van der Waals surface area contributed by atoms with E-state index in [4.69, 9.17) is 17.0 Å². The molecule has 0 aliphatic heterocycles. The van der Waals surface area contributed by atoms with Crippen molar-refractivity contribution < 1.29 is 14.3 Å². The maximum Gasteiger partial charge on any atom is 0.257 e. The van der Waals surface area contributed by atoms with Gasteiger partial charge >= 0.3 is 0 Å². The first-order chi connectivity index (χ1) is 13.4. The lowest BCUT2D eigenvalue weighted by Crippen LogP contribution is -2.35. The highest BCUT2D eigenvalue weighted by atomic mass is 32.1. The molecule has 0 aromatic heterocycles. The fraction of sp³-hybridized carbons (Fsp3) is 0.286. The minimum absolute atomic E-state index is 0.159. The highest BCUT2D eigenvalue weighted by Gasteiger charge is 2.13. The minimum atomic E-state index is -0.288. The second kappa shape index (κ2) is 10.4. The van der Waals surface area contributed by atoms with Crippen LogP contribution in [-0.4, -0.2) is 23.5 Å². The fourth-order valence-electron chi connectivity index (χ4n) is 2.49. The molecule has 0 aliphatic carbocycles. The molecule has 28 heavy (non-hydrogen) atoms. The lowest BCUT2D eigenvalue weighted by Gasteiger charge is -2.14. The van der Waals surface area contributed by atoms with Crippen molar-refractivity contribution in [2.45, 2.75) is 27.2 Å². The summed E-state index contributed by atoms with van der Waals surface area (Å²) in [6, 6.07) is 14.1. The zero-order valence-corrected chi connectivity index (χ0v) is 17.1. The van der Waals surface area contributed by atoms with Gasteiger partial charge in [0.05, 0.1) is 17.9 Å². The summed E-state index contributed by atoms with van der Waals surface area (Å²) in [4.78, 5) is 24.5. The molecule has 148 valence electrons. The first-order valence-electron chi connectivity index (χ1n) is 9.13. The minimum Gasteiger partial charge on any atom is -0.494 e. The molecule has 0 saturated carbocycles. The molecule has 0 aliphatic rings. The van der Waals surface area contributed by atoms with Crippen LogP contribution in [-0.2, 0) is 4.79 Å². The topological polar surface area (TPSA) is 79.5 Å². The Morgan fingerprint density at radius 3 is 2.36 bits per heavy atom. The standard InChI is InChI=1S/C21H25N3O3S/c1-4-27-16-11-9-15(10-12-16)22-20(26)17-7-5-6-8-18(17)23-21(28)24-19(25)13-14(2)3/h5-12,14H,4,13H2,1-3H3,(H,22,26)(H2,23,24,25,28). The smallest absolute Gasteiger partial charge is 0.257 e. The van der Waals surface area contributed by atoms with Crippen molar-refractivity contribution in [3.63, 3.8) is 0 Å². The van der Waals surface area contributed by atoms with Gasteiger partial charge in [-0.1, -0.05) is 26.0 Å². The van der Waals surface area contributed by atoms with Gasteiger partial charge in [0.15, 0.2) is 5.11 Å². The predicted octanol–water partition coefficient (Wildman–Crippen LogP) is 4.20. The quantitative estimate of drug-likeness (QED) is 0.608. The Kier molecular flexibility index (Phi) is 7.95. The van der Waals surface area contributed by atoms with Crippen molar-refractivity contribution in [2.75, 3.05) is 17.2 Å². The average molecular weight is 400 g/mol. The van der Waals surface area contributed by atoms with E-state index in [2.05, 4.69) is 16.0 Å². The van der Waals surface area contributed by atoms with E-state index < -0.39 is 0 Å². The largest absolute Gasteiger partial charge is 0.494 e. The Morgan fingerprint density at radius 2 is 1.71 bits per heavy atom. The second-order valence-corrected chi connectivity index (χ2v) is 6.97. The Hall–Kier alpha value is -2.93. The lowest BCUT2D eigenvalue weighted by molar-refractivity contribution is -0.120. The Labute approximate surface area is 170 Å². The van der Waals surface area contributed by atoms with E-state index in [1.54, 1.807) is 48.5 Å². The van der Waals surface area contributed by atoms with Crippen molar-refractivity contribution in [2.24, 2.45) is 5.92 Å². The van der Waals surface area contributed by atoms with Gasteiger partial charge in [-0.05, 0) is 61.5 Å². The van der Waals surface area contributed by atoms with E-state index in [0.717, 1.165) is 5.75 Å². The number of carbonyl (C=O) groups is 2. The maximum absolute atomic E-state index is 12.7. The summed E-state index contributed by atoms with van der Waals surface area (Å²) in [6.45, 7) is 6.40. The van der Waals surface area contributed by atoms with Gasteiger partial charge < -0.3 is 20.7 Å². The molecule has 0 atom stereocenters. The second-order valence-electron chi connectivity index (χ2n) is 6.56. The zero-order valence-electron chi connectivity index (χ0n) is 16.2. The molecule has 2 amide bonds.